The lowest BCUT2D eigenvalue weighted by atomic mass is 9.65. The number of nitrogens with zero attached hydrogens (tertiary/aromatic N) is 1. The van der Waals surface area contributed by atoms with Gasteiger partial charge in [0.15, 0.2) is 0 Å². The molecule has 2 aliphatic heterocycles. The van der Waals surface area contributed by atoms with Gasteiger partial charge in [-0.3, -0.25) is 4.99 Å². The van der Waals surface area contributed by atoms with Crippen molar-refractivity contribution in [3.63, 3.8) is 0 Å². The largest absolute Gasteiger partial charge is 0.401 e. The Morgan fingerprint density at radius 1 is 1.40 bits per heavy atom. The van der Waals surface area contributed by atoms with Crippen molar-refractivity contribution < 1.29 is 17.9 Å². The number of ether oxygens (including phenoxy) is 1. The van der Waals surface area contributed by atoms with Crippen LogP contribution < -0.4 is 5.32 Å². The average Bonchev–Trinajstić information content (AvgIpc) is 2.51. The van der Waals surface area contributed by atoms with E-state index < -0.39 is 30.3 Å². The van der Waals surface area contributed by atoms with E-state index in [0.717, 1.165) is 3.57 Å². The molecule has 25 heavy (non-hydrogen) atoms. The van der Waals surface area contributed by atoms with Crippen molar-refractivity contribution in [1.82, 2.24) is 0 Å². The van der Waals surface area contributed by atoms with Crippen LogP contribution in [0.2, 0.25) is 0 Å². The lowest BCUT2D eigenvalue weighted by Gasteiger charge is -2.49. The predicted molar refractivity (Wildman–Crippen MR) is 101 cm³/mol. The van der Waals surface area contributed by atoms with Crippen LogP contribution in [0, 0.1) is 9.49 Å². The maximum absolute atomic E-state index is 14.5. The predicted octanol–water partition coefficient (Wildman–Crippen LogP) is 5.09. The number of alkyl halides is 3. The lowest BCUT2D eigenvalue weighted by molar-refractivity contribution is -0.222. The topological polar surface area (TPSA) is 33.6 Å². The maximum Gasteiger partial charge on any atom is 0.401 e. The minimum absolute atomic E-state index is 0.173. The van der Waals surface area contributed by atoms with Crippen LogP contribution >= 0.6 is 34.2 Å². The van der Waals surface area contributed by atoms with Gasteiger partial charge >= 0.3 is 6.18 Å². The van der Waals surface area contributed by atoms with Crippen molar-refractivity contribution in [3.05, 3.63) is 38.4 Å². The highest BCUT2D eigenvalue weighted by Crippen LogP contribution is 2.55. The molecule has 2 heterocycles. The van der Waals surface area contributed by atoms with E-state index in [-0.39, 0.29) is 16.7 Å². The number of hydrogen-bond donors (Lipinski definition) is 1. The van der Waals surface area contributed by atoms with Crippen molar-refractivity contribution in [3.8, 4) is 0 Å². The molecule has 136 valence electrons. The molecule has 0 saturated heterocycles. The molecule has 0 amide bonds. The summed E-state index contributed by atoms with van der Waals surface area (Å²) >= 11 is 8.03. The number of hydrogen-bond acceptors (Lipinski definition) is 3. The summed E-state index contributed by atoms with van der Waals surface area (Å²) in [5.74, 6) is -0.991. The van der Waals surface area contributed by atoms with Gasteiger partial charge in [0.1, 0.15) is 11.6 Å². The van der Waals surface area contributed by atoms with Crippen LogP contribution in [-0.2, 0) is 10.2 Å². The number of fused-ring (bicyclic) bond motifs is 2. The fourth-order valence-electron chi connectivity index (χ4n) is 3.33. The fourth-order valence-corrected chi connectivity index (χ4v) is 4.02. The van der Waals surface area contributed by atoms with Crippen LogP contribution in [0.25, 0.3) is 0 Å². The standard InChI is InChI=1S/C17H17ClF3IN2O/c1-9(2)25-8-16(17(19,20)21)12-6-11(22)3-4-14(12)24-15-13(16)5-10(18)7-23-15/h3-7,9,13,15,24H,8H2,1-2H3. The third-order valence-electron chi connectivity index (χ3n) is 4.52. The number of benzene rings is 1. The smallest absolute Gasteiger partial charge is 0.377 e. The molecule has 0 spiro atoms. The molecule has 3 unspecified atom stereocenters. The summed E-state index contributed by atoms with van der Waals surface area (Å²) in [5.41, 5.74) is -1.62. The third-order valence-corrected chi connectivity index (χ3v) is 5.42. The number of nitrogens with one attached hydrogen (secondary N) is 1. The maximum atomic E-state index is 14.5. The first kappa shape index (κ1) is 19.0. The second-order valence-electron chi connectivity index (χ2n) is 6.46. The van der Waals surface area contributed by atoms with Crippen molar-refractivity contribution in [1.29, 1.82) is 0 Å². The molecule has 0 aliphatic carbocycles. The number of halogens is 5. The van der Waals surface area contributed by atoms with Gasteiger partial charge in [-0.05, 0) is 60.2 Å². The molecule has 3 atom stereocenters. The van der Waals surface area contributed by atoms with Crippen molar-refractivity contribution in [2.75, 3.05) is 11.9 Å². The van der Waals surface area contributed by atoms with Gasteiger partial charge in [0.25, 0.3) is 0 Å². The number of aliphatic imine (C=N–C) groups is 1. The Bertz CT molecular complexity index is 735. The summed E-state index contributed by atoms with van der Waals surface area (Å²) in [6, 6.07) is 5.00. The van der Waals surface area contributed by atoms with Gasteiger partial charge in [-0.15, -0.1) is 0 Å². The molecule has 1 aromatic carbocycles. The second kappa shape index (κ2) is 6.74. The van der Waals surface area contributed by atoms with Crippen LogP contribution in [0.3, 0.4) is 0 Å². The van der Waals surface area contributed by atoms with E-state index in [1.165, 1.54) is 12.3 Å². The first-order chi connectivity index (χ1) is 11.6. The summed E-state index contributed by atoms with van der Waals surface area (Å²) in [6.07, 6.45) is -2.78. The molecule has 1 aromatic rings. The molecule has 8 heteroatoms. The van der Waals surface area contributed by atoms with Crippen LogP contribution in [0.5, 0.6) is 0 Å². The zero-order valence-corrected chi connectivity index (χ0v) is 16.5. The quantitative estimate of drug-likeness (QED) is 0.607. The molecule has 2 aliphatic rings. The molecular formula is C17H17ClF3IN2O. The Labute approximate surface area is 162 Å². The number of anilines is 1. The molecular weight excluding hydrogens is 468 g/mol. The third kappa shape index (κ3) is 3.30. The van der Waals surface area contributed by atoms with Crippen LogP contribution in [0.15, 0.2) is 34.3 Å². The van der Waals surface area contributed by atoms with Gasteiger partial charge in [0.2, 0.25) is 0 Å². The summed E-state index contributed by atoms with van der Waals surface area (Å²) < 4.78 is 49.8. The van der Waals surface area contributed by atoms with E-state index in [9.17, 15) is 13.2 Å². The van der Waals surface area contributed by atoms with E-state index in [0.29, 0.717) is 5.69 Å². The zero-order valence-electron chi connectivity index (χ0n) is 13.6. The molecule has 0 radical (unpaired) electrons. The average molecular weight is 485 g/mol. The van der Waals surface area contributed by atoms with Gasteiger partial charge in [0.05, 0.1) is 17.7 Å². The first-order valence-electron chi connectivity index (χ1n) is 7.80. The summed E-state index contributed by atoms with van der Waals surface area (Å²) in [5, 5.41) is 3.31. The lowest BCUT2D eigenvalue weighted by Crippen LogP contribution is -2.59. The van der Waals surface area contributed by atoms with Crippen LogP contribution in [0.1, 0.15) is 19.4 Å². The van der Waals surface area contributed by atoms with Crippen LogP contribution in [0.4, 0.5) is 18.9 Å². The minimum Gasteiger partial charge on any atom is -0.377 e. The SMILES string of the molecule is CC(C)OCC1(C(F)(F)F)c2cc(I)ccc2NC2N=CC(Cl)=CC21. The summed E-state index contributed by atoms with van der Waals surface area (Å²) in [7, 11) is 0. The van der Waals surface area contributed by atoms with E-state index in [1.54, 1.807) is 32.0 Å². The van der Waals surface area contributed by atoms with Crippen molar-refractivity contribution in [2.24, 2.45) is 10.9 Å². The summed E-state index contributed by atoms with van der Waals surface area (Å²) in [6.45, 7) is 2.96. The van der Waals surface area contributed by atoms with Gasteiger partial charge in [-0.25, -0.2) is 0 Å². The highest BCUT2D eigenvalue weighted by molar-refractivity contribution is 14.1. The molecule has 3 rings (SSSR count). The minimum atomic E-state index is -4.54. The highest BCUT2D eigenvalue weighted by atomic mass is 127. The van der Waals surface area contributed by atoms with Crippen molar-refractivity contribution in [2.45, 2.75) is 37.7 Å². The molecule has 1 N–H and O–H groups in total. The van der Waals surface area contributed by atoms with Crippen molar-refractivity contribution >= 4 is 46.1 Å². The van der Waals surface area contributed by atoms with E-state index in [4.69, 9.17) is 16.3 Å². The Balaban J connectivity index is 2.25. The number of rotatable bonds is 3. The molecule has 0 bridgehead atoms. The van der Waals surface area contributed by atoms with Gasteiger partial charge in [-0.2, -0.15) is 13.2 Å². The van der Waals surface area contributed by atoms with Gasteiger partial charge in [0, 0.05) is 21.4 Å². The van der Waals surface area contributed by atoms with E-state index in [2.05, 4.69) is 10.3 Å². The molecule has 0 fully saturated rings. The van der Waals surface area contributed by atoms with E-state index in [1.807, 2.05) is 22.6 Å². The second-order valence-corrected chi connectivity index (χ2v) is 8.15. The Kier molecular flexibility index (Phi) is 5.11. The van der Waals surface area contributed by atoms with Crippen LogP contribution in [-0.4, -0.2) is 31.3 Å². The Morgan fingerprint density at radius 2 is 2.12 bits per heavy atom. The first-order valence-corrected chi connectivity index (χ1v) is 9.26. The Morgan fingerprint density at radius 3 is 2.76 bits per heavy atom. The normalized spacial score (nSPS) is 28.2. The summed E-state index contributed by atoms with van der Waals surface area (Å²) in [4.78, 5) is 4.20. The zero-order chi connectivity index (χ0) is 18.4. The molecule has 0 saturated carbocycles. The van der Waals surface area contributed by atoms with Gasteiger partial charge in [-0.1, -0.05) is 17.7 Å². The van der Waals surface area contributed by atoms with E-state index >= 15 is 0 Å². The van der Waals surface area contributed by atoms with Gasteiger partial charge < -0.3 is 10.1 Å². The Hall–Kier alpha value is -0.800. The monoisotopic (exact) mass is 484 g/mol. The number of dihydropyridines is 1. The highest BCUT2D eigenvalue weighted by Gasteiger charge is 2.64. The fraction of sp³-hybridized carbons (Fsp3) is 0.471. The molecule has 3 nitrogen and oxygen atoms in total. The number of allylic oxidation sites excluding steroid dienone is 1. The molecule has 0 aromatic heterocycles.